The van der Waals surface area contributed by atoms with Gasteiger partial charge in [0.2, 0.25) is 0 Å². The van der Waals surface area contributed by atoms with Gasteiger partial charge in [-0.15, -0.1) is 0 Å². The lowest BCUT2D eigenvalue weighted by Gasteiger charge is -2.05. The second-order valence-corrected chi connectivity index (χ2v) is 5.63. The van der Waals surface area contributed by atoms with Gasteiger partial charge in [0.05, 0.1) is 10.7 Å². The normalized spacial score (nSPS) is 10.9. The molecule has 0 atom stereocenters. The Balaban J connectivity index is 2.12. The van der Waals surface area contributed by atoms with E-state index in [-0.39, 0.29) is 5.78 Å². The third kappa shape index (κ3) is 4.10. The molecule has 0 bridgehead atoms. The van der Waals surface area contributed by atoms with Gasteiger partial charge in [-0.25, -0.2) is 0 Å². The summed E-state index contributed by atoms with van der Waals surface area (Å²) in [5.74, 6) is -0.0538. The Kier molecular flexibility index (Phi) is 5.05. The zero-order valence-electron chi connectivity index (χ0n) is 11.8. The first kappa shape index (κ1) is 15.6. The lowest BCUT2D eigenvalue weighted by Crippen LogP contribution is -2.00. The van der Waals surface area contributed by atoms with Crippen LogP contribution in [-0.4, -0.2) is 5.78 Å². The van der Waals surface area contributed by atoms with E-state index in [1.54, 1.807) is 24.4 Å². The summed E-state index contributed by atoms with van der Waals surface area (Å²) < 4.78 is 0. The van der Waals surface area contributed by atoms with Crippen LogP contribution >= 0.6 is 23.2 Å². The van der Waals surface area contributed by atoms with Gasteiger partial charge in [-0.3, -0.25) is 4.79 Å². The molecule has 0 aliphatic rings. The van der Waals surface area contributed by atoms with Gasteiger partial charge >= 0.3 is 0 Å². The fourth-order valence-electron chi connectivity index (χ4n) is 1.91. The quantitative estimate of drug-likeness (QED) is 0.602. The average molecular weight is 320 g/mol. The van der Waals surface area contributed by atoms with E-state index >= 15 is 0 Å². The van der Waals surface area contributed by atoms with Crippen molar-refractivity contribution < 1.29 is 4.79 Å². The van der Waals surface area contributed by atoms with E-state index in [1.807, 2.05) is 32.0 Å². The fourth-order valence-corrected chi connectivity index (χ4v) is 2.25. The molecule has 2 rings (SSSR count). The molecule has 0 saturated heterocycles. The van der Waals surface area contributed by atoms with Crippen molar-refractivity contribution in [3.8, 4) is 0 Å². The smallest absolute Gasteiger partial charge is 0.187 e. The molecule has 21 heavy (non-hydrogen) atoms. The van der Waals surface area contributed by atoms with Crippen LogP contribution in [0.1, 0.15) is 21.5 Å². The molecule has 2 aromatic rings. The molecule has 0 radical (unpaired) electrons. The highest BCUT2D eigenvalue weighted by atomic mass is 35.5. The number of halogens is 2. The van der Waals surface area contributed by atoms with Crippen molar-refractivity contribution >= 4 is 34.7 Å². The van der Waals surface area contributed by atoms with Crippen molar-refractivity contribution in [3.63, 3.8) is 0 Å². The first-order valence-electron chi connectivity index (χ1n) is 6.47. The third-order valence-electron chi connectivity index (χ3n) is 3.06. The molecule has 0 aliphatic carbocycles. The summed E-state index contributed by atoms with van der Waals surface area (Å²) in [7, 11) is 0. The molecule has 0 fully saturated rings. The highest BCUT2D eigenvalue weighted by Gasteiger charge is 2.06. The van der Waals surface area contributed by atoms with Crippen molar-refractivity contribution in [2.45, 2.75) is 13.8 Å². The molecule has 108 valence electrons. The summed E-state index contributed by atoms with van der Waals surface area (Å²) in [4.78, 5) is 12.2. The Morgan fingerprint density at radius 1 is 1.10 bits per heavy atom. The van der Waals surface area contributed by atoms with E-state index in [1.165, 1.54) is 6.08 Å². The summed E-state index contributed by atoms with van der Waals surface area (Å²) >= 11 is 11.9. The van der Waals surface area contributed by atoms with Crippen LogP contribution in [0.2, 0.25) is 10.0 Å². The lowest BCUT2D eigenvalue weighted by atomic mass is 10.0. The van der Waals surface area contributed by atoms with Crippen molar-refractivity contribution in [1.29, 1.82) is 0 Å². The summed E-state index contributed by atoms with van der Waals surface area (Å²) in [5.41, 5.74) is 3.37. The molecule has 0 saturated carbocycles. The van der Waals surface area contributed by atoms with Crippen molar-refractivity contribution in [2.24, 2.45) is 0 Å². The number of hydrogen-bond acceptors (Lipinski definition) is 2. The predicted molar refractivity (Wildman–Crippen MR) is 89.5 cm³/mol. The summed E-state index contributed by atoms with van der Waals surface area (Å²) in [6.45, 7) is 3.88. The minimum Gasteiger partial charge on any atom is -0.360 e. The molecular weight excluding hydrogens is 305 g/mol. The number of anilines is 1. The van der Waals surface area contributed by atoms with E-state index in [0.717, 1.165) is 11.1 Å². The highest BCUT2D eigenvalue weighted by Crippen LogP contribution is 2.25. The minimum atomic E-state index is -0.0538. The molecule has 1 N–H and O–H groups in total. The SMILES string of the molecule is Cc1ccc(C)c(C(=O)C=CNc2cc(Cl)ccc2Cl)c1. The topological polar surface area (TPSA) is 29.1 Å². The molecule has 0 unspecified atom stereocenters. The van der Waals surface area contributed by atoms with Crippen molar-refractivity contribution in [3.05, 3.63) is 75.4 Å². The average Bonchev–Trinajstić information content (AvgIpc) is 2.45. The van der Waals surface area contributed by atoms with Crippen LogP contribution in [0.25, 0.3) is 0 Å². The molecule has 2 nitrogen and oxygen atoms in total. The van der Waals surface area contributed by atoms with E-state index in [9.17, 15) is 4.79 Å². The number of aryl methyl sites for hydroxylation is 2. The number of benzene rings is 2. The monoisotopic (exact) mass is 319 g/mol. The number of carbonyl (C=O) groups is 1. The number of ketones is 1. The Bertz CT molecular complexity index is 708. The zero-order chi connectivity index (χ0) is 15.4. The summed E-state index contributed by atoms with van der Waals surface area (Å²) in [6, 6.07) is 10.9. The first-order chi connectivity index (χ1) is 9.97. The lowest BCUT2D eigenvalue weighted by molar-refractivity contribution is 0.104. The van der Waals surface area contributed by atoms with Crippen LogP contribution in [0.3, 0.4) is 0 Å². The van der Waals surface area contributed by atoms with Gasteiger partial charge in [0, 0.05) is 22.9 Å². The molecule has 2 aromatic carbocycles. The van der Waals surface area contributed by atoms with Crippen molar-refractivity contribution in [1.82, 2.24) is 0 Å². The number of carbonyl (C=O) groups excluding carboxylic acids is 1. The van der Waals surface area contributed by atoms with Gasteiger partial charge in [-0.1, -0.05) is 40.9 Å². The van der Waals surface area contributed by atoms with Gasteiger partial charge in [0.1, 0.15) is 0 Å². The second kappa shape index (κ2) is 6.79. The third-order valence-corrected chi connectivity index (χ3v) is 3.63. The van der Waals surface area contributed by atoms with Crippen LogP contribution in [0.15, 0.2) is 48.7 Å². The number of nitrogens with one attached hydrogen (secondary N) is 1. The maximum absolute atomic E-state index is 12.2. The van der Waals surface area contributed by atoms with Crippen LogP contribution in [-0.2, 0) is 0 Å². The van der Waals surface area contributed by atoms with E-state index < -0.39 is 0 Å². The number of rotatable bonds is 4. The molecule has 4 heteroatoms. The van der Waals surface area contributed by atoms with Crippen LogP contribution in [0.4, 0.5) is 5.69 Å². The Labute approximate surface area is 134 Å². The Morgan fingerprint density at radius 2 is 1.86 bits per heavy atom. The second-order valence-electron chi connectivity index (χ2n) is 4.78. The fraction of sp³-hybridized carbons (Fsp3) is 0.118. The maximum atomic E-state index is 12.2. The molecule has 0 heterocycles. The molecular formula is C17H15Cl2NO. The Hall–Kier alpha value is -1.77. The van der Waals surface area contributed by atoms with Crippen LogP contribution in [0.5, 0.6) is 0 Å². The zero-order valence-corrected chi connectivity index (χ0v) is 13.3. The standard InChI is InChI=1S/C17H15Cl2NO/c1-11-3-4-12(2)14(9-11)17(21)7-8-20-16-10-13(18)5-6-15(16)19/h3-10,20H,1-2H3. The highest BCUT2D eigenvalue weighted by molar-refractivity contribution is 6.35. The van der Waals surface area contributed by atoms with Gasteiger partial charge in [-0.05, 0) is 43.7 Å². The summed E-state index contributed by atoms with van der Waals surface area (Å²) in [5, 5.41) is 4.10. The van der Waals surface area contributed by atoms with E-state index in [0.29, 0.717) is 21.3 Å². The van der Waals surface area contributed by atoms with Crippen molar-refractivity contribution in [2.75, 3.05) is 5.32 Å². The summed E-state index contributed by atoms with van der Waals surface area (Å²) in [6.07, 6.45) is 3.06. The number of allylic oxidation sites excluding steroid dienone is 1. The number of hydrogen-bond donors (Lipinski definition) is 1. The molecule has 0 spiro atoms. The Morgan fingerprint density at radius 3 is 2.62 bits per heavy atom. The van der Waals surface area contributed by atoms with E-state index in [4.69, 9.17) is 23.2 Å². The molecule has 0 aliphatic heterocycles. The minimum absolute atomic E-state index is 0.0538. The van der Waals surface area contributed by atoms with Crippen LogP contribution in [0, 0.1) is 13.8 Å². The largest absolute Gasteiger partial charge is 0.360 e. The predicted octanol–water partition coefficient (Wildman–Crippen LogP) is 5.42. The van der Waals surface area contributed by atoms with E-state index in [2.05, 4.69) is 5.32 Å². The van der Waals surface area contributed by atoms with Gasteiger partial charge in [-0.2, -0.15) is 0 Å². The maximum Gasteiger partial charge on any atom is 0.187 e. The molecule has 0 amide bonds. The van der Waals surface area contributed by atoms with Crippen LogP contribution < -0.4 is 5.32 Å². The van der Waals surface area contributed by atoms with Gasteiger partial charge < -0.3 is 5.32 Å². The van der Waals surface area contributed by atoms with Gasteiger partial charge in [0.25, 0.3) is 0 Å². The molecule has 0 aromatic heterocycles. The first-order valence-corrected chi connectivity index (χ1v) is 7.22. The van der Waals surface area contributed by atoms with Gasteiger partial charge in [0.15, 0.2) is 5.78 Å².